The molecule has 0 heterocycles. The fourth-order valence-electron chi connectivity index (χ4n) is 0.874. The van der Waals surface area contributed by atoms with Gasteiger partial charge in [-0.1, -0.05) is 20.8 Å². The van der Waals surface area contributed by atoms with Gasteiger partial charge in [0, 0.05) is 12.1 Å². The van der Waals surface area contributed by atoms with Gasteiger partial charge in [-0.15, -0.1) is 0 Å². The molecule has 0 atom stereocenters. The fourth-order valence-corrected chi connectivity index (χ4v) is 0.874. The fraction of sp³-hybridized carbons (Fsp3) is 0.455. The Labute approximate surface area is 91.9 Å². The number of hydrogen-bond acceptors (Lipinski definition) is 2. The molecule has 90 valence electrons. The minimum Gasteiger partial charge on any atom is -0.331 e. The van der Waals surface area contributed by atoms with Crippen molar-refractivity contribution in [1.29, 1.82) is 0 Å². The van der Waals surface area contributed by atoms with Gasteiger partial charge >= 0.3 is 0 Å². The smallest absolute Gasteiger partial charge is 0.236 e. The van der Waals surface area contributed by atoms with Crippen molar-refractivity contribution in [2.24, 2.45) is 5.41 Å². The normalized spacial score (nSPS) is 11.6. The lowest BCUT2D eigenvalue weighted by molar-refractivity contribution is -0.227. The standard InChI is InChI=1S/C11H13F3O2/c1-11(2,3)6-15-16-10-8(13)4-7(12)5-9(10)14/h4-5H,6H2,1-3H3. The van der Waals surface area contributed by atoms with E-state index in [4.69, 9.17) is 0 Å². The Hall–Kier alpha value is -1.23. The van der Waals surface area contributed by atoms with E-state index in [1.165, 1.54) is 0 Å². The van der Waals surface area contributed by atoms with Crippen LogP contribution in [0.15, 0.2) is 12.1 Å². The topological polar surface area (TPSA) is 18.5 Å². The van der Waals surface area contributed by atoms with Gasteiger partial charge in [0.25, 0.3) is 0 Å². The summed E-state index contributed by atoms with van der Waals surface area (Å²) in [5.74, 6) is -4.00. The second kappa shape index (κ2) is 4.74. The van der Waals surface area contributed by atoms with E-state index in [1.54, 1.807) is 0 Å². The second-order valence-electron chi connectivity index (χ2n) is 4.60. The van der Waals surface area contributed by atoms with E-state index in [-0.39, 0.29) is 12.0 Å². The maximum absolute atomic E-state index is 13.0. The van der Waals surface area contributed by atoms with Crippen molar-refractivity contribution in [1.82, 2.24) is 0 Å². The Bertz CT molecular complexity index is 349. The number of rotatable bonds is 3. The summed E-state index contributed by atoms with van der Waals surface area (Å²) in [5, 5.41) is 0. The van der Waals surface area contributed by atoms with Crippen LogP contribution >= 0.6 is 0 Å². The second-order valence-corrected chi connectivity index (χ2v) is 4.60. The van der Waals surface area contributed by atoms with Gasteiger partial charge in [0.2, 0.25) is 5.75 Å². The van der Waals surface area contributed by atoms with Crippen molar-refractivity contribution >= 4 is 0 Å². The molecule has 0 radical (unpaired) electrons. The quantitative estimate of drug-likeness (QED) is 0.589. The first-order chi connectivity index (χ1) is 7.29. The molecule has 0 saturated heterocycles. The molecular formula is C11H13F3O2. The van der Waals surface area contributed by atoms with Crippen molar-refractivity contribution in [3.05, 3.63) is 29.6 Å². The van der Waals surface area contributed by atoms with E-state index in [9.17, 15) is 13.2 Å². The molecule has 0 saturated carbocycles. The minimum atomic E-state index is -1.13. The van der Waals surface area contributed by atoms with Crippen molar-refractivity contribution in [3.63, 3.8) is 0 Å². The molecule has 0 N–H and O–H groups in total. The van der Waals surface area contributed by atoms with E-state index in [2.05, 4.69) is 9.78 Å². The average Bonchev–Trinajstić information content (AvgIpc) is 2.07. The highest BCUT2D eigenvalue weighted by atomic mass is 19.1. The van der Waals surface area contributed by atoms with Crippen LogP contribution in [0.2, 0.25) is 0 Å². The number of halogens is 3. The van der Waals surface area contributed by atoms with E-state index >= 15 is 0 Å². The largest absolute Gasteiger partial charge is 0.331 e. The minimum absolute atomic E-state index is 0.156. The van der Waals surface area contributed by atoms with E-state index in [0.717, 1.165) is 0 Å². The first kappa shape index (κ1) is 12.8. The van der Waals surface area contributed by atoms with Crippen LogP contribution in [0.1, 0.15) is 20.8 Å². The van der Waals surface area contributed by atoms with Crippen molar-refractivity contribution in [2.75, 3.05) is 6.61 Å². The molecule has 0 unspecified atom stereocenters. The summed E-state index contributed by atoms with van der Waals surface area (Å²) in [7, 11) is 0. The van der Waals surface area contributed by atoms with Crippen LogP contribution in [-0.2, 0) is 4.89 Å². The van der Waals surface area contributed by atoms with Gasteiger partial charge in [0.1, 0.15) is 5.82 Å². The first-order valence-corrected chi connectivity index (χ1v) is 4.73. The maximum Gasteiger partial charge on any atom is 0.236 e. The van der Waals surface area contributed by atoms with Crippen LogP contribution in [0, 0.1) is 22.9 Å². The summed E-state index contributed by atoms with van der Waals surface area (Å²) in [6.07, 6.45) is 0. The number of hydrogen-bond donors (Lipinski definition) is 0. The third-order valence-electron chi connectivity index (χ3n) is 1.60. The molecule has 1 rings (SSSR count). The Kier molecular flexibility index (Phi) is 3.80. The third-order valence-corrected chi connectivity index (χ3v) is 1.60. The SMILES string of the molecule is CC(C)(C)COOc1c(F)cc(F)cc1F. The molecule has 0 spiro atoms. The summed E-state index contributed by atoms with van der Waals surface area (Å²) in [5.41, 5.74) is -0.201. The summed E-state index contributed by atoms with van der Waals surface area (Å²) in [6.45, 7) is 5.76. The highest BCUT2D eigenvalue weighted by molar-refractivity contribution is 5.26. The monoisotopic (exact) mass is 234 g/mol. The van der Waals surface area contributed by atoms with Crippen LogP contribution in [0.5, 0.6) is 5.75 Å². The van der Waals surface area contributed by atoms with Gasteiger partial charge in [-0.3, -0.25) is 0 Å². The molecule has 1 aromatic rings. The molecule has 5 heteroatoms. The van der Waals surface area contributed by atoms with Crippen molar-refractivity contribution in [2.45, 2.75) is 20.8 Å². The summed E-state index contributed by atoms with van der Waals surface area (Å²) in [4.78, 5) is 9.17. The third kappa shape index (κ3) is 3.73. The molecule has 0 aliphatic rings. The van der Waals surface area contributed by atoms with Gasteiger partial charge in [-0.2, -0.15) is 4.89 Å². The van der Waals surface area contributed by atoms with Gasteiger partial charge in [0.05, 0.1) is 6.61 Å². The molecule has 0 amide bonds. The van der Waals surface area contributed by atoms with Gasteiger partial charge in [-0.25, -0.2) is 13.2 Å². The average molecular weight is 234 g/mol. The molecule has 16 heavy (non-hydrogen) atoms. The predicted octanol–water partition coefficient (Wildman–Crippen LogP) is 3.46. The van der Waals surface area contributed by atoms with E-state index in [0.29, 0.717) is 12.1 Å². The predicted molar refractivity (Wildman–Crippen MR) is 52.4 cm³/mol. The van der Waals surface area contributed by atoms with Gasteiger partial charge < -0.3 is 4.89 Å². The highest BCUT2D eigenvalue weighted by Crippen LogP contribution is 2.23. The van der Waals surface area contributed by atoms with Gasteiger partial charge in [-0.05, 0) is 5.41 Å². The Morgan fingerprint density at radius 3 is 2.00 bits per heavy atom. The lowest BCUT2D eigenvalue weighted by atomic mass is 9.99. The van der Waals surface area contributed by atoms with Crippen LogP contribution in [-0.4, -0.2) is 6.61 Å². The molecule has 0 fully saturated rings. The molecule has 2 nitrogen and oxygen atoms in total. The van der Waals surface area contributed by atoms with Crippen molar-refractivity contribution in [3.8, 4) is 5.75 Å². The van der Waals surface area contributed by atoms with Crippen LogP contribution in [0.3, 0.4) is 0 Å². The zero-order chi connectivity index (χ0) is 12.3. The molecule has 1 aromatic carbocycles. The molecular weight excluding hydrogens is 221 g/mol. The zero-order valence-corrected chi connectivity index (χ0v) is 9.31. The molecule has 0 aliphatic heterocycles. The lowest BCUT2D eigenvalue weighted by Gasteiger charge is -2.17. The maximum atomic E-state index is 13.0. The Morgan fingerprint density at radius 2 is 1.56 bits per heavy atom. The first-order valence-electron chi connectivity index (χ1n) is 4.73. The molecule has 0 aromatic heterocycles. The van der Waals surface area contributed by atoms with Crippen LogP contribution in [0.25, 0.3) is 0 Å². The van der Waals surface area contributed by atoms with Gasteiger partial charge in [0.15, 0.2) is 11.6 Å². The highest BCUT2D eigenvalue weighted by Gasteiger charge is 2.16. The zero-order valence-electron chi connectivity index (χ0n) is 9.31. The summed E-state index contributed by atoms with van der Waals surface area (Å²) in [6, 6.07) is 1.05. The van der Waals surface area contributed by atoms with Crippen molar-refractivity contribution < 1.29 is 22.9 Å². The van der Waals surface area contributed by atoms with E-state index < -0.39 is 23.2 Å². The van der Waals surface area contributed by atoms with E-state index in [1.807, 2.05) is 20.8 Å². The number of benzene rings is 1. The summed E-state index contributed by atoms with van der Waals surface area (Å²) < 4.78 is 38.6. The molecule has 0 aliphatic carbocycles. The Balaban J connectivity index is 2.68. The summed E-state index contributed by atoms with van der Waals surface area (Å²) >= 11 is 0. The van der Waals surface area contributed by atoms with Crippen LogP contribution < -0.4 is 4.89 Å². The molecule has 0 bridgehead atoms. The Morgan fingerprint density at radius 1 is 1.06 bits per heavy atom. The lowest BCUT2D eigenvalue weighted by Crippen LogP contribution is -2.16. The van der Waals surface area contributed by atoms with Crippen LogP contribution in [0.4, 0.5) is 13.2 Å².